The molecule has 2 rings (SSSR count). The highest BCUT2D eigenvalue weighted by Crippen LogP contribution is 2.30. The maximum Gasteiger partial charge on any atom is 0.161 e. The fourth-order valence-electron chi connectivity index (χ4n) is 2.11. The van der Waals surface area contributed by atoms with Gasteiger partial charge in [-0.3, -0.25) is 0 Å². The van der Waals surface area contributed by atoms with Crippen molar-refractivity contribution in [2.75, 3.05) is 19.8 Å². The van der Waals surface area contributed by atoms with E-state index in [2.05, 4.69) is 24.4 Å². The summed E-state index contributed by atoms with van der Waals surface area (Å²) in [4.78, 5) is 0. The van der Waals surface area contributed by atoms with Crippen molar-refractivity contribution < 1.29 is 9.47 Å². The van der Waals surface area contributed by atoms with Crippen LogP contribution in [0, 0.1) is 0 Å². The van der Waals surface area contributed by atoms with Crippen LogP contribution in [0.3, 0.4) is 0 Å². The molecule has 1 aromatic rings. The third-order valence-electron chi connectivity index (χ3n) is 3.14. The van der Waals surface area contributed by atoms with Gasteiger partial charge >= 0.3 is 0 Å². The standard InChI is InChI=1S/C15H23NO2/c1-2-3-4-5-8-16-12-13-6-7-14-15(11-13)18-10-9-17-14/h6-7,11,16H,2-5,8-10,12H2,1H3. The van der Waals surface area contributed by atoms with Crippen LogP contribution in [0.5, 0.6) is 11.5 Å². The van der Waals surface area contributed by atoms with Gasteiger partial charge in [0.1, 0.15) is 13.2 Å². The molecule has 0 spiro atoms. The van der Waals surface area contributed by atoms with Crippen molar-refractivity contribution in [1.82, 2.24) is 5.32 Å². The van der Waals surface area contributed by atoms with E-state index in [9.17, 15) is 0 Å². The molecule has 0 aliphatic carbocycles. The summed E-state index contributed by atoms with van der Waals surface area (Å²) in [5.74, 6) is 1.75. The number of hydrogen-bond acceptors (Lipinski definition) is 3. The zero-order valence-electron chi connectivity index (χ0n) is 11.2. The van der Waals surface area contributed by atoms with E-state index in [-0.39, 0.29) is 0 Å². The summed E-state index contributed by atoms with van der Waals surface area (Å²) in [6.45, 7) is 5.54. The van der Waals surface area contributed by atoms with Gasteiger partial charge in [-0.05, 0) is 30.7 Å². The molecule has 1 aromatic carbocycles. The molecule has 0 saturated heterocycles. The van der Waals surface area contributed by atoms with Crippen molar-refractivity contribution in [2.24, 2.45) is 0 Å². The molecule has 1 heterocycles. The first-order valence-electron chi connectivity index (χ1n) is 6.99. The molecule has 0 amide bonds. The lowest BCUT2D eigenvalue weighted by molar-refractivity contribution is 0.171. The van der Waals surface area contributed by atoms with Gasteiger partial charge in [0, 0.05) is 6.54 Å². The second-order valence-electron chi connectivity index (χ2n) is 4.72. The van der Waals surface area contributed by atoms with E-state index < -0.39 is 0 Å². The molecule has 3 heteroatoms. The largest absolute Gasteiger partial charge is 0.486 e. The minimum Gasteiger partial charge on any atom is -0.486 e. The van der Waals surface area contributed by atoms with Crippen LogP contribution in [0.25, 0.3) is 0 Å². The van der Waals surface area contributed by atoms with Gasteiger partial charge in [-0.25, -0.2) is 0 Å². The van der Waals surface area contributed by atoms with Crippen molar-refractivity contribution in [2.45, 2.75) is 39.2 Å². The van der Waals surface area contributed by atoms with Gasteiger partial charge in [0.05, 0.1) is 0 Å². The molecule has 0 atom stereocenters. The molecule has 1 aliphatic heterocycles. The summed E-state index contributed by atoms with van der Waals surface area (Å²) in [7, 11) is 0. The molecule has 0 fully saturated rings. The Morgan fingerprint density at radius 3 is 2.72 bits per heavy atom. The van der Waals surface area contributed by atoms with Crippen LogP contribution in [-0.2, 0) is 6.54 Å². The third-order valence-corrected chi connectivity index (χ3v) is 3.14. The fourth-order valence-corrected chi connectivity index (χ4v) is 2.11. The number of hydrogen-bond donors (Lipinski definition) is 1. The highest BCUT2D eigenvalue weighted by molar-refractivity contribution is 5.43. The third kappa shape index (κ3) is 3.91. The average Bonchev–Trinajstić information content (AvgIpc) is 2.42. The van der Waals surface area contributed by atoms with E-state index >= 15 is 0 Å². The Bertz CT molecular complexity index is 366. The fraction of sp³-hybridized carbons (Fsp3) is 0.600. The van der Waals surface area contributed by atoms with E-state index in [1.807, 2.05) is 6.07 Å². The summed E-state index contributed by atoms with van der Waals surface area (Å²) in [5, 5.41) is 3.47. The normalized spacial score (nSPS) is 13.6. The summed E-state index contributed by atoms with van der Waals surface area (Å²) in [6.07, 6.45) is 5.22. The van der Waals surface area contributed by atoms with Crippen LogP contribution in [0.4, 0.5) is 0 Å². The Morgan fingerprint density at radius 2 is 1.89 bits per heavy atom. The highest BCUT2D eigenvalue weighted by Gasteiger charge is 2.11. The Kier molecular flexibility index (Phi) is 5.34. The number of benzene rings is 1. The summed E-state index contributed by atoms with van der Waals surface area (Å²) in [6, 6.07) is 6.18. The first-order chi connectivity index (χ1) is 8.90. The Balaban J connectivity index is 1.72. The number of nitrogens with one attached hydrogen (secondary N) is 1. The molecule has 0 bridgehead atoms. The van der Waals surface area contributed by atoms with Gasteiger partial charge < -0.3 is 14.8 Å². The quantitative estimate of drug-likeness (QED) is 0.753. The van der Waals surface area contributed by atoms with E-state index in [1.54, 1.807) is 0 Å². The van der Waals surface area contributed by atoms with Crippen LogP contribution in [-0.4, -0.2) is 19.8 Å². The zero-order valence-corrected chi connectivity index (χ0v) is 11.2. The minimum atomic E-state index is 0.654. The number of unbranched alkanes of at least 4 members (excludes halogenated alkanes) is 3. The van der Waals surface area contributed by atoms with Gasteiger partial charge in [-0.1, -0.05) is 32.3 Å². The molecule has 100 valence electrons. The average molecular weight is 249 g/mol. The lowest BCUT2D eigenvalue weighted by Gasteiger charge is -2.19. The molecule has 18 heavy (non-hydrogen) atoms. The molecule has 0 aromatic heterocycles. The van der Waals surface area contributed by atoms with Gasteiger partial charge in [0.2, 0.25) is 0 Å². The SMILES string of the molecule is CCCCCCNCc1ccc2c(c1)OCCO2. The van der Waals surface area contributed by atoms with Crippen LogP contribution in [0.15, 0.2) is 18.2 Å². The maximum absolute atomic E-state index is 5.57. The number of fused-ring (bicyclic) bond motifs is 1. The van der Waals surface area contributed by atoms with Crippen molar-refractivity contribution in [1.29, 1.82) is 0 Å². The van der Waals surface area contributed by atoms with Crippen LogP contribution >= 0.6 is 0 Å². The summed E-state index contributed by atoms with van der Waals surface area (Å²) < 4.78 is 11.1. The first-order valence-corrected chi connectivity index (χ1v) is 6.99. The summed E-state index contributed by atoms with van der Waals surface area (Å²) in [5.41, 5.74) is 1.26. The van der Waals surface area contributed by atoms with Crippen molar-refractivity contribution >= 4 is 0 Å². The maximum atomic E-state index is 5.57. The van der Waals surface area contributed by atoms with E-state index in [0.717, 1.165) is 24.6 Å². The zero-order chi connectivity index (χ0) is 12.6. The van der Waals surface area contributed by atoms with Crippen molar-refractivity contribution in [3.8, 4) is 11.5 Å². The topological polar surface area (TPSA) is 30.5 Å². The second kappa shape index (κ2) is 7.27. The predicted octanol–water partition coefficient (Wildman–Crippen LogP) is 3.13. The lowest BCUT2D eigenvalue weighted by Crippen LogP contribution is -2.17. The number of rotatable bonds is 7. The van der Waals surface area contributed by atoms with E-state index in [0.29, 0.717) is 13.2 Å². The second-order valence-corrected chi connectivity index (χ2v) is 4.72. The van der Waals surface area contributed by atoms with Crippen LogP contribution in [0.1, 0.15) is 38.2 Å². The molecule has 0 saturated carbocycles. The monoisotopic (exact) mass is 249 g/mol. The van der Waals surface area contributed by atoms with Gasteiger partial charge in [-0.15, -0.1) is 0 Å². The molecule has 0 radical (unpaired) electrons. The van der Waals surface area contributed by atoms with E-state index in [4.69, 9.17) is 9.47 Å². The smallest absolute Gasteiger partial charge is 0.161 e. The lowest BCUT2D eigenvalue weighted by atomic mass is 10.2. The first kappa shape index (κ1) is 13.2. The predicted molar refractivity (Wildman–Crippen MR) is 73.3 cm³/mol. The molecule has 1 N–H and O–H groups in total. The van der Waals surface area contributed by atoms with E-state index in [1.165, 1.54) is 31.2 Å². The minimum absolute atomic E-state index is 0.654. The summed E-state index contributed by atoms with van der Waals surface area (Å²) >= 11 is 0. The molecular weight excluding hydrogens is 226 g/mol. The Morgan fingerprint density at radius 1 is 1.06 bits per heavy atom. The van der Waals surface area contributed by atoms with Gasteiger partial charge in [-0.2, -0.15) is 0 Å². The molecular formula is C15H23NO2. The van der Waals surface area contributed by atoms with Crippen LogP contribution in [0.2, 0.25) is 0 Å². The van der Waals surface area contributed by atoms with Crippen molar-refractivity contribution in [3.63, 3.8) is 0 Å². The van der Waals surface area contributed by atoms with Gasteiger partial charge in [0.25, 0.3) is 0 Å². The Hall–Kier alpha value is -1.22. The Labute approximate surface area is 109 Å². The molecule has 1 aliphatic rings. The highest BCUT2D eigenvalue weighted by atomic mass is 16.6. The van der Waals surface area contributed by atoms with Crippen molar-refractivity contribution in [3.05, 3.63) is 23.8 Å². The molecule has 3 nitrogen and oxygen atoms in total. The molecule has 0 unspecified atom stereocenters. The number of ether oxygens (including phenoxy) is 2. The van der Waals surface area contributed by atoms with Crippen LogP contribution < -0.4 is 14.8 Å². The van der Waals surface area contributed by atoms with Gasteiger partial charge in [0.15, 0.2) is 11.5 Å².